The van der Waals surface area contributed by atoms with Crippen LogP contribution in [0.3, 0.4) is 0 Å². The van der Waals surface area contributed by atoms with Crippen LogP contribution in [0.4, 0.5) is 0 Å². The van der Waals surface area contributed by atoms with Gasteiger partial charge < -0.3 is 16.0 Å². The molecule has 7 heteroatoms. The van der Waals surface area contributed by atoms with Crippen LogP contribution in [0.5, 0.6) is 0 Å². The molecule has 1 amide bonds. The van der Waals surface area contributed by atoms with Gasteiger partial charge in [-0.1, -0.05) is 23.8 Å². The van der Waals surface area contributed by atoms with E-state index in [4.69, 9.17) is 29.6 Å². The minimum absolute atomic E-state index is 0.197. The second-order valence-electron chi connectivity index (χ2n) is 4.80. The van der Waals surface area contributed by atoms with Crippen molar-refractivity contribution in [3.8, 4) is 0 Å². The molecule has 1 fully saturated rings. The van der Waals surface area contributed by atoms with E-state index in [2.05, 4.69) is 10.2 Å². The van der Waals surface area contributed by atoms with Gasteiger partial charge in [0.15, 0.2) is 0 Å². The third-order valence-electron chi connectivity index (χ3n) is 3.49. The van der Waals surface area contributed by atoms with Crippen LogP contribution in [0, 0.1) is 0 Å². The van der Waals surface area contributed by atoms with Crippen molar-refractivity contribution in [3.63, 3.8) is 0 Å². The van der Waals surface area contributed by atoms with Crippen LogP contribution in [0.25, 0.3) is 0 Å². The Bertz CT molecular complexity index is 495. The van der Waals surface area contributed by atoms with Gasteiger partial charge in [-0.3, -0.25) is 4.79 Å². The normalized spacial score (nSPS) is 19.1. The molecule has 1 aliphatic heterocycles. The molecule has 0 bridgehead atoms. The predicted molar refractivity (Wildman–Crippen MR) is 83.0 cm³/mol. The van der Waals surface area contributed by atoms with Crippen LogP contribution in [-0.4, -0.2) is 41.5 Å². The Morgan fingerprint density at radius 2 is 2.21 bits per heavy atom. The third-order valence-corrected chi connectivity index (χ3v) is 5.22. The topological polar surface area (TPSA) is 58.4 Å². The molecule has 1 aromatic rings. The highest BCUT2D eigenvalue weighted by molar-refractivity contribution is 7.80. The summed E-state index contributed by atoms with van der Waals surface area (Å²) in [6.07, 6.45) is 1.46. The minimum Gasteiger partial charge on any atom is -0.391 e. The summed E-state index contributed by atoms with van der Waals surface area (Å²) in [5, 5.41) is 5.25. The van der Waals surface area contributed by atoms with Gasteiger partial charge >= 0.3 is 0 Å². The summed E-state index contributed by atoms with van der Waals surface area (Å²) in [5.74, 6) is -0.197. The third kappa shape index (κ3) is 3.08. The van der Waals surface area contributed by atoms with Crippen molar-refractivity contribution in [2.45, 2.75) is 18.4 Å². The minimum atomic E-state index is -0.591. The summed E-state index contributed by atoms with van der Waals surface area (Å²) in [5.41, 5.74) is 5.26. The van der Waals surface area contributed by atoms with E-state index < -0.39 is 5.54 Å². The predicted octanol–water partition coefficient (Wildman–Crippen LogP) is 1.88. The Morgan fingerprint density at radius 1 is 1.58 bits per heavy atom. The fourth-order valence-electron chi connectivity index (χ4n) is 2.16. The molecule has 2 rings (SSSR count). The lowest BCUT2D eigenvalue weighted by molar-refractivity contribution is 0.0894. The highest BCUT2D eigenvalue weighted by atomic mass is 35.5. The molecule has 0 atom stereocenters. The number of nitrogens with one attached hydrogen (secondary N) is 1. The molecule has 1 aromatic heterocycles. The SMILES string of the molecule is CN1CCC(NC(=O)c2sccc2Cl)(C(N)=S)CC1. The van der Waals surface area contributed by atoms with E-state index in [1.54, 1.807) is 11.4 Å². The molecule has 0 radical (unpaired) electrons. The van der Waals surface area contributed by atoms with E-state index in [9.17, 15) is 4.79 Å². The van der Waals surface area contributed by atoms with Gasteiger partial charge in [0.1, 0.15) is 4.88 Å². The zero-order chi connectivity index (χ0) is 14.0. The van der Waals surface area contributed by atoms with Gasteiger partial charge in [-0.2, -0.15) is 0 Å². The van der Waals surface area contributed by atoms with Gasteiger partial charge in [-0.05, 0) is 31.3 Å². The van der Waals surface area contributed by atoms with Crippen molar-refractivity contribution < 1.29 is 4.79 Å². The summed E-state index contributed by atoms with van der Waals surface area (Å²) in [6, 6.07) is 1.71. The first-order chi connectivity index (χ1) is 8.94. The molecule has 19 heavy (non-hydrogen) atoms. The second-order valence-corrected chi connectivity index (χ2v) is 6.56. The van der Waals surface area contributed by atoms with E-state index in [1.165, 1.54) is 11.3 Å². The maximum absolute atomic E-state index is 12.3. The van der Waals surface area contributed by atoms with Gasteiger partial charge in [-0.25, -0.2) is 0 Å². The standard InChI is InChI=1S/C12H16ClN3OS2/c1-16-5-3-12(4-6-16,11(14)18)15-10(17)9-8(13)2-7-19-9/h2,7H,3-6H2,1H3,(H2,14,18)(H,15,17). The number of carbonyl (C=O) groups is 1. The molecular weight excluding hydrogens is 302 g/mol. The smallest absolute Gasteiger partial charge is 0.263 e. The number of rotatable bonds is 3. The van der Waals surface area contributed by atoms with E-state index in [1.807, 2.05) is 7.05 Å². The Morgan fingerprint density at radius 3 is 2.68 bits per heavy atom. The zero-order valence-electron chi connectivity index (χ0n) is 10.6. The zero-order valence-corrected chi connectivity index (χ0v) is 13.0. The van der Waals surface area contributed by atoms with Crippen LogP contribution in [0.15, 0.2) is 11.4 Å². The van der Waals surface area contributed by atoms with Crippen molar-refractivity contribution in [3.05, 3.63) is 21.3 Å². The molecule has 0 spiro atoms. The van der Waals surface area contributed by atoms with Gasteiger partial charge in [0.2, 0.25) is 0 Å². The number of amides is 1. The average Bonchev–Trinajstić information content (AvgIpc) is 2.78. The van der Waals surface area contributed by atoms with E-state index in [0.29, 0.717) is 14.9 Å². The van der Waals surface area contributed by atoms with Crippen LogP contribution >= 0.6 is 35.2 Å². The molecule has 0 saturated carbocycles. The number of thiocarbonyl (C=S) groups is 1. The number of carbonyl (C=O) groups excluding carboxylic acids is 1. The number of piperidine rings is 1. The lowest BCUT2D eigenvalue weighted by Crippen LogP contribution is -2.61. The summed E-state index contributed by atoms with van der Waals surface area (Å²) >= 11 is 12.5. The summed E-state index contributed by atoms with van der Waals surface area (Å²) in [6.45, 7) is 1.71. The molecule has 2 heterocycles. The maximum atomic E-state index is 12.3. The van der Waals surface area contributed by atoms with Crippen molar-refractivity contribution in [1.82, 2.24) is 10.2 Å². The first-order valence-electron chi connectivity index (χ1n) is 5.98. The van der Waals surface area contributed by atoms with Gasteiger partial charge in [0.25, 0.3) is 5.91 Å². The second kappa shape index (κ2) is 5.75. The summed E-state index contributed by atoms with van der Waals surface area (Å²) in [4.78, 5) is 15.3. The number of thiophene rings is 1. The number of halogens is 1. The van der Waals surface area contributed by atoms with Gasteiger partial charge in [0.05, 0.1) is 15.6 Å². The van der Waals surface area contributed by atoms with Crippen LogP contribution in [0.1, 0.15) is 22.5 Å². The average molecular weight is 318 g/mol. The molecule has 0 unspecified atom stereocenters. The maximum Gasteiger partial charge on any atom is 0.263 e. The number of nitrogens with zero attached hydrogens (tertiary/aromatic N) is 1. The Hall–Kier alpha value is -0.690. The number of likely N-dealkylation sites (tertiary alicyclic amines) is 1. The lowest BCUT2D eigenvalue weighted by atomic mass is 9.87. The molecular formula is C12H16ClN3OS2. The molecule has 0 aliphatic carbocycles. The van der Waals surface area contributed by atoms with Crippen LogP contribution < -0.4 is 11.1 Å². The molecule has 0 aromatic carbocycles. The molecule has 4 nitrogen and oxygen atoms in total. The largest absolute Gasteiger partial charge is 0.391 e. The first kappa shape index (κ1) is 14.7. The van der Waals surface area contributed by atoms with E-state index in [0.717, 1.165) is 25.9 Å². The van der Waals surface area contributed by atoms with Crippen molar-refractivity contribution in [2.24, 2.45) is 5.73 Å². The Labute approximate surface area is 126 Å². The van der Waals surface area contributed by atoms with Crippen LogP contribution in [-0.2, 0) is 0 Å². The highest BCUT2D eigenvalue weighted by Crippen LogP contribution is 2.26. The molecule has 1 saturated heterocycles. The monoisotopic (exact) mass is 317 g/mol. The number of nitrogens with two attached hydrogens (primary N) is 1. The fraction of sp³-hybridized carbons (Fsp3) is 0.500. The molecule has 1 aliphatic rings. The van der Waals surface area contributed by atoms with Gasteiger partial charge in [-0.15, -0.1) is 11.3 Å². The first-order valence-corrected chi connectivity index (χ1v) is 7.65. The van der Waals surface area contributed by atoms with Crippen molar-refractivity contribution in [2.75, 3.05) is 20.1 Å². The van der Waals surface area contributed by atoms with E-state index in [-0.39, 0.29) is 5.91 Å². The van der Waals surface area contributed by atoms with Crippen molar-refractivity contribution in [1.29, 1.82) is 0 Å². The Balaban J connectivity index is 2.16. The summed E-state index contributed by atoms with van der Waals surface area (Å²) in [7, 11) is 2.04. The number of hydrogen-bond acceptors (Lipinski definition) is 4. The van der Waals surface area contributed by atoms with Crippen LogP contribution in [0.2, 0.25) is 5.02 Å². The molecule has 3 N–H and O–H groups in total. The highest BCUT2D eigenvalue weighted by Gasteiger charge is 2.38. The fourth-order valence-corrected chi connectivity index (χ4v) is 3.45. The summed E-state index contributed by atoms with van der Waals surface area (Å²) < 4.78 is 0. The number of hydrogen-bond donors (Lipinski definition) is 2. The van der Waals surface area contributed by atoms with Gasteiger partial charge in [0, 0.05) is 13.1 Å². The lowest BCUT2D eigenvalue weighted by Gasteiger charge is -2.40. The molecule has 104 valence electrons. The van der Waals surface area contributed by atoms with Crippen molar-refractivity contribution >= 4 is 46.1 Å². The Kier molecular flexibility index (Phi) is 4.45. The van der Waals surface area contributed by atoms with E-state index >= 15 is 0 Å². The quantitative estimate of drug-likeness (QED) is 0.836.